The second-order valence-corrected chi connectivity index (χ2v) is 7.34. The molecule has 142 valence electrons. The molecule has 2 aromatic carbocycles. The van der Waals surface area contributed by atoms with Gasteiger partial charge in [0.15, 0.2) is 0 Å². The van der Waals surface area contributed by atoms with Crippen molar-refractivity contribution in [3.05, 3.63) is 110 Å². The van der Waals surface area contributed by atoms with Gasteiger partial charge >= 0.3 is 0 Å². The zero-order valence-electron chi connectivity index (χ0n) is 16.2. The first-order valence-corrected chi connectivity index (χ1v) is 9.92. The largest absolute Gasteiger partial charge is 0.306 e. The summed E-state index contributed by atoms with van der Waals surface area (Å²) in [6, 6.07) is 29.2. The molecule has 0 atom stereocenters. The summed E-state index contributed by atoms with van der Waals surface area (Å²) in [5.41, 5.74) is 8.48. The molecular formula is C26H18N4. The molecule has 0 radical (unpaired) electrons. The predicted molar refractivity (Wildman–Crippen MR) is 120 cm³/mol. The lowest BCUT2D eigenvalue weighted by Crippen LogP contribution is -1.82. The van der Waals surface area contributed by atoms with E-state index in [9.17, 15) is 0 Å². The van der Waals surface area contributed by atoms with Crippen LogP contribution >= 0.6 is 0 Å². The fourth-order valence-electron chi connectivity index (χ4n) is 3.81. The van der Waals surface area contributed by atoms with Gasteiger partial charge in [0.2, 0.25) is 0 Å². The van der Waals surface area contributed by atoms with E-state index in [0.29, 0.717) is 0 Å². The molecule has 30 heavy (non-hydrogen) atoms. The molecule has 4 heterocycles. The molecule has 0 unspecified atom stereocenters. The van der Waals surface area contributed by atoms with Gasteiger partial charge in [-0.2, -0.15) is 0 Å². The average molecular weight is 386 g/mol. The Balaban J connectivity index is 1.28. The second-order valence-electron chi connectivity index (χ2n) is 7.34. The van der Waals surface area contributed by atoms with Crippen LogP contribution in [-0.4, -0.2) is 18.8 Å². The number of benzene rings is 2. The van der Waals surface area contributed by atoms with Crippen LogP contribution in [0.2, 0.25) is 0 Å². The SMILES string of the molecule is c1ccn2cc(-c3ccc(-c4ccc(-c5cn6ccccc6n5)cc4)cc3)nc2c1. The normalized spacial score (nSPS) is 11.3. The Labute approximate surface area is 173 Å². The fraction of sp³-hybridized carbons (Fsp3) is 0. The van der Waals surface area contributed by atoms with Crippen LogP contribution in [0.15, 0.2) is 110 Å². The molecule has 6 aromatic rings. The number of fused-ring (bicyclic) bond motifs is 2. The Morgan fingerprint density at radius 1 is 0.433 bits per heavy atom. The first-order chi connectivity index (χ1) is 14.8. The van der Waals surface area contributed by atoms with E-state index in [1.165, 1.54) is 11.1 Å². The molecule has 0 saturated heterocycles. The lowest BCUT2D eigenvalue weighted by atomic mass is 10.0. The molecule has 4 aromatic heterocycles. The summed E-state index contributed by atoms with van der Waals surface area (Å²) >= 11 is 0. The van der Waals surface area contributed by atoms with Gasteiger partial charge in [0.1, 0.15) is 11.3 Å². The number of rotatable bonds is 3. The van der Waals surface area contributed by atoms with Gasteiger partial charge in [-0.1, -0.05) is 60.7 Å². The Hall–Kier alpha value is -4.18. The fourth-order valence-corrected chi connectivity index (χ4v) is 3.81. The van der Waals surface area contributed by atoms with E-state index in [2.05, 4.69) is 60.9 Å². The summed E-state index contributed by atoms with van der Waals surface area (Å²) in [4.78, 5) is 9.41. The number of hydrogen-bond acceptors (Lipinski definition) is 2. The van der Waals surface area contributed by atoms with Crippen molar-refractivity contribution in [2.75, 3.05) is 0 Å². The average Bonchev–Trinajstić information content (AvgIpc) is 3.44. The van der Waals surface area contributed by atoms with Crippen molar-refractivity contribution in [1.82, 2.24) is 18.8 Å². The summed E-state index contributed by atoms with van der Waals surface area (Å²) < 4.78 is 4.09. The molecule has 0 bridgehead atoms. The summed E-state index contributed by atoms with van der Waals surface area (Å²) in [7, 11) is 0. The zero-order chi connectivity index (χ0) is 19.9. The third-order valence-electron chi connectivity index (χ3n) is 5.42. The first kappa shape index (κ1) is 16.7. The third kappa shape index (κ3) is 2.86. The molecule has 0 aliphatic rings. The highest BCUT2D eigenvalue weighted by molar-refractivity contribution is 5.72. The second kappa shape index (κ2) is 6.71. The van der Waals surface area contributed by atoms with Crippen LogP contribution in [0.25, 0.3) is 44.9 Å². The van der Waals surface area contributed by atoms with Crippen molar-refractivity contribution < 1.29 is 0 Å². The monoisotopic (exact) mass is 386 g/mol. The van der Waals surface area contributed by atoms with Crippen molar-refractivity contribution in [2.45, 2.75) is 0 Å². The smallest absolute Gasteiger partial charge is 0.137 e. The van der Waals surface area contributed by atoms with E-state index in [-0.39, 0.29) is 0 Å². The number of nitrogens with zero attached hydrogens (tertiary/aromatic N) is 4. The van der Waals surface area contributed by atoms with E-state index >= 15 is 0 Å². The van der Waals surface area contributed by atoms with Crippen molar-refractivity contribution in [1.29, 1.82) is 0 Å². The number of imidazole rings is 2. The Kier molecular flexibility index (Phi) is 3.74. The minimum Gasteiger partial charge on any atom is -0.306 e. The van der Waals surface area contributed by atoms with Crippen LogP contribution in [0.5, 0.6) is 0 Å². The lowest BCUT2D eigenvalue weighted by molar-refractivity contribution is 1.19. The van der Waals surface area contributed by atoms with Crippen LogP contribution in [0, 0.1) is 0 Å². The van der Waals surface area contributed by atoms with Crippen molar-refractivity contribution >= 4 is 11.3 Å². The number of pyridine rings is 2. The highest BCUT2D eigenvalue weighted by Crippen LogP contribution is 2.27. The van der Waals surface area contributed by atoms with Gasteiger partial charge in [0.25, 0.3) is 0 Å². The minimum atomic E-state index is 0.958. The molecule has 0 N–H and O–H groups in total. The lowest BCUT2D eigenvalue weighted by Gasteiger charge is -2.04. The molecular weight excluding hydrogens is 368 g/mol. The van der Waals surface area contributed by atoms with Gasteiger partial charge in [-0.15, -0.1) is 0 Å². The Morgan fingerprint density at radius 3 is 1.23 bits per heavy atom. The molecule has 4 heteroatoms. The molecule has 6 rings (SSSR count). The standard InChI is InChI=1S/C26H18N4/c1-3-15-29-17-23(27-25(29)5-1)21-11-7-19(8-12-21)20-9-13-22(14-10-20)24-18-30-16-4-2-6-26(30)28-24/h1-18H. The van der Waals surface area contributed by atoms with E-state index in [1.807, 2.05) is 57.6 Å². The van der Waals surface area contributed by atoms with E-state index < -0.39 is 0 Å². The first-order valence-electron chi connectivity index (χ1n) is 9.92. The van der Waals surface area contributed by atoms with Gasteiger partial charge in [-0.3, -0.25) is 0 Å². The van der Waals surface area contributed by atoms with Gasteiger partial charge < -0.3 is 8.80 Å². The van der Waals surface area contributed by atoms with Gasteiger partial charge in [0.05, 0.1) is 11.4 Å². The maximum atomic E-state index is 4.70. The van der Waals surface area contributed by atoms with Crippen LogP contribution in [-0.2, 0) is 0 Å². The summed E-state index contributed by atoms with van der Waals surface area (Å²) in [6.07, 6.45) is 8.16. The molecule has 0 aliphatic carbocycles. The zero-order valence-corrected chi connectivity index (χ0v) is 16.2. The van der Waals surface area contributed by atoms with Crippen LogP contribution in [0.1, 0.15) is 0 Å². The third-order valence-corrected chi connectivity index (χ3v) is 5.42. The van der Waals surface area contributed by atoms with Crippen molar-refractivity contribution in [3.8, 4) is 33.6 Å². The Bertz CT molecular complexity index is 1290. The highest BCUT2D eigenvalue weighted by Gasteiger charge is 2.07. The molecule has 0 spiro atoms. The Morgan fingerprint density at radius 2 is 0.833 bits per heavy atom. The van der Waals surface area contributed by atoms with Crippen molar-refractivity contribution in [2.24, 2.45) is 0 Å². The summed E-state index contributed by atoms with van der Waals surface area (Å²) in [6.45, 7) is 0. The van der Waals surface area contributed by atoms with E-state index in [1.54, 1.807) is 0 Å². The van der Waals surface area contributed by atoms with Crippen LogP contribution < -0.4 is 0 Å². The van der Waals surface area contributed by atoms with Gasteiger partial charge in [0, 0.05) is 35.9 Å². The molecule has 0 aliphatic heterocycles. The predicted octanol–water partition coefficient (Wildman–Crippen LogP) is 5.98. The maximum Gasteiger partial charge on any atom is 0.137 e. The molecule has 0 amide bonds. The van der Waals surface area contributed by atoms with E-state index in [4.69, 9.17) is 9.97 Å². The summed E-state index contributed by atoms with van der Waals surface area (Å²) in [5, 5.41) is 0. The molecule has 4 nitrogen and oxygen atoms in total. The summed E-state index contributed by atoms with van der Waals surface area (Å²) in [5.74, 6) is 0. The van der Waals surface area contributed by atoms with Crippen LogP contribution in [0.4, 0.5) is 0 Å². The van der Waals surface area contributed by atoms with Gasteiger partial charge in [-0.25, -0.2) is 9.97 Å². The number of hydrogen-bond donors (Lipinski definition) is 0. The van der Waals surface area contributed by atoms with Gasteiger partial charge in [-0.05, 0) is 35.4 Å². The molecule has 0 saturated carbocycles. The number of aromatic nitrogens is 4. The topological polar surface area (TPSA) is 34.6 Å². The van der Waals surface area contributed by atoms with E-state index in [0.717, 1.165) is 33.8 Å². The maximum absolute atomic E-state index is 4.70. The van der Waals surface area contributed by atoms with Crippen LogP contribution in [0.3, 0.4) is 0 Å². The quantitative estimate of drug-likeness (QED) is 0.375. The molecule has 0 fully saturated rings. The highest BCUT2D eigenvalue weighted by atomic mass is 15.0. The van der Waals surface area contributed by atoms with Crippen molar-refractivity contribution in [3.63, 3.8) is 0 Å². The minimum absolute atomic E-state index is 0.958.